The molecule has 1 amide bonds. The van der Waals surface area contributed by atoms with Gasteiger partial charge in [0.2, 0.25) is 0 Å². The van der Waals surface area contributed by atoms with Gasteiger partial charge < -0.3 is 5.32 Å². The number of benzene rings is 2. The number of hydrogen-bond acceptors (Lipinski definition) is 4. The van der Waals surface area contributed by atoms with Crippen LogP contribution in [0.3, 0.4) is 0 Å². The van der Waals surface area contributed by atoms with Gasteiger partial charge in [-0.2, -0.15) is 5.10 Å². The van der Waals surface area contributed by atoms with Crippen molar-refractivity contribution in [1.29, 1.82) is 0 Å². The van der Waals surface area contributed by atoms with E-state index in [1.807, 2.05) is 0 Å². The van der Waals surface area contributed by atoms with Crippen molar-refractivity contribution in [2.24, 2.45) is 7.05 Å². The van der Waals surface area contributed by atoms with Gasteiger partial charge in [-0.1, -0.05) is 17.7 Å². The summed E-state index contributed by atoms with van der Waals surface area (Å²) in [5, 5.41) is 7.29. The van der Waals surface area contributed by atoms with Gasteiger partial charge in [0.1, 0.15) is 0 Å². The van der Waals surface area contributed by atoms with Crippen LogP contribution in [0.5, 0.6) is 0 Å². The Morgan fingerprint density at radius 3 is 2.54 bits per heavy atom. The van der Waals surface area contributed by atoms with Crippen LogP contribution in [0.2, 0.25) is 5.02 Å². The average molecular weight is 419 g/mol. The molecule has 0 atom stereocenters. The fourth-order valence-electron chi connectivity index (χ4n) is 2.54. The first kappa shape index (κ1) is 19.9. The Balaban J connectivity index is 1.77. The van der Waals surface area contributed by atoms with Crippen molar-refractivity contribution in [1.82, 2.24) is 15.1 Å². The molecule has 0 spiro atoms. The molecule has 28 heavy (non-hydrogen) atoms. The van der Waals surface area contributed by atoms with Gasteiger partial charge >= 0.3 is 0 Å². The second-order valence-corrected chi connectivity index (χ2v) is 8.41. The van der Waals surface area contributed by atoms with Crippen molar-refractivity contribution in [3.63, 3.8) is 0 Å². The summed E-state index contributed by atoms with van der Waals surface area (Å²) in [4.78, 5) is 12.5. The number of carbonyl (C=O) groups excluding carboxylic acids is 1. The number of sulfonamides is 1. The van der Waals surface area contributed by atoms with E-state index in [-0.39, 0.29) is 10.8 Å². The number of nitrogens with zero attached hydrogens (tertiary/aromatic N) is 2. The van der Waals surface area contributed by atoms with Crippen molar-refractivity contribution in [3.8, 4) is 0 Å². The van der Waals surface area contributed by atoms with Crippen LogP contribution in [0.4, 0.5) is 5.69 Å². The van der Waals surface area contributed by atoms with Crippen LogP contribution in [0.1, 0.15) is 21.5 Å². The highest BCUT2D eigenvalue weighted by molar-refractivity contribution is 7.92. The third kappa shape index (κ3) is 4.71. The fraction of sp³-hybridized carbons (Fsp3) is 0.158. The lowest BCUT2D eigenvalue weighted by Crippen LogP contribution is -2.23. The lowest BCUT2D eigenvalue weighted by molar-refractivity contribution is 0.0951. The third-order valence-electron chi connectivity index (χ3n) is 4.08. The number of aromatic nitrogens is 2. The molecule has 0 bridgehead atoms. The zero-order chi connectivity index (χ0) is 20.3. The summed E-state index contributed by atoms with van der Waals surface area (Å²) >= 11 is 5.81. The second-order valence-electron chi connectivity index (χ2n) is 6.29. The Bertz CT molecular complexity index is 1110. The molecule has 0 aliphatic carbocycles. The first-order valence-corrected chi connectivity index (χ1v) is 10.3. The molecule has 1 heterocycles. The predicted octanol–water partition coefficient (Wildman–Crippen LogP) is 3.11. The van der Waals surface area contributed by atoms with E-state index in [9.17, 15) is 13.2 Å². The molecule has 0 fully saturated rings. The predicted molar refractivity (Wildman–Crippen MR) is 108 cm³/mol. The first-order chi connectivity index (χ1) is 13.2. The maximum absolute atomic E-state index is 12.6. The molecule has 9 heteroatoms. The van der Waals surface area contributed by atoms with Gasteiger partial charge in [-0.05, 0) is 48.9 Å². The number of anilines is 1. The Labute approximate surface area is 168 Å². The van der Waals surface area contributed by atoms with Crippen molar-refractivity contribution < 1.29 is 13.2 Å². The van der Waals surface area contributed by atoms with Crippen molar-refractivity contribution in [2.45, 2.75) is 18.4 Å². The van der Waals surface area contributed by atoms with Gasteiger partial charge in [-0.3, -0.25) is 14.2 Å². The summed E-state index contributed by atoms with van der Waals surface area (Å²) in [6.45, 7) is 2.09. The third-order valence-corrected chi connectivity index (χ3v) is 5.71. The number of nitrogens with one attached hydrogen (secondary N) is 2. The number of halogens is 1. The van der Waals surface area contributed by atoms with Gasteiger partial charge in [0.25, 0.3) is 15.9 Å². The van der Waals surface area contributed by atoms with E-state index in [0.29, 0.717) is 28.4 Å². The molecular formula is C19H19ClN4O3S. The maximum atomic E-state index is 12.6. The van der Waals surface area contributed by atoms with Gasteiger partial charge in [0.15, 0.2) is 0 Å². The van der Waals surface area contributed by atoms with E-state index in [1.54, 1.807) is 43.2 Å². The number of hydrogen-bond donors (Lipinski definition) is 2. The lowest BCUT2D eigenvalue weighted by atomic mass is 10.1. The molecule has 1 aromatic heterocycles. The molecule has 0 unspecified atom stereocenters. The van der Waals surface area contributed by atoms with Crippen LogP contribution >= 0.6 is 11.6 Å². The first-order valence-electron chi connectivity index (χ1n) is 8.39. The van der Waals surface area contributed by atoms with Gasteiger partial charge in [0, 0.05) is 35.9 Å². The molecular weight excluding hydrogens is 400 g/mol. The smallest absolute Gasteiger partial charge is 0.261 e. The normalized spacial score (nSPS) is 11.2. The number of rotatable bonds is 6. The van der Waals surface area contributed by atoms with Crippen molar-refractivity contribution >= 4 is 33.2 Å². The van der Waals surface area contributed by atoms with Gasteiger partial charge in [-0.25, -0.2) is 8.42 Å². The molecule has 7 nitrogen and oxygen atoms in total. The van der Waals surface area contributed by atoms with E-state index < -0.39 is 10.0 Å². The molecule has 0 aliphatic rings. The number of amides is 1. The summed E-state index contributed by atoms with van der Waals surface area (Å²) in [5.74, 6) is -0.309. The second kappa shape index (κ2) is 8.04. The van der Waals surface area contributed by atoms with E-state index >= 15 is 0 Å². The minimum absolute atomic E-state index is 0.0859. The highest BCUT2D eigenvalue weighted by Crippen LogP contribution is 2.22. The topological polar surface area (TPSA) is 93.1 Å². The molecule has 146 valence electrons. The monoisotopic (exact) mass is 418 g/mol. The van der Waals surface area contributed by atoms with Gasteiger partial charge in [-0.15, -0.1) is 0 Å². The van der Waals surface area contributed by atoms with Crippen molar-refractivity contribution in [2.75, 3.05) is 4.72 Å². The van der Waals surface area contributed by atoms with E-state index in [0.717, 1.165) is 5.56 Å². The summed E-state index contributed by atoms with van der Waals surface area (Å²) in [6, 6.07) is 10.7. The molecule has 0 radical (unpaired) electrons. The molecule has 0 aliphatic heterocycles. The molecule has 3 aromatic rings. The lowest BCUT2D eigenvalue weighted by Gasteiger charge is -2.12. The molecule has 0 saturated heterocycles. The average Bonchev–Trinajstić information content (AvgIpc) is 3.07. The van der Waals surface area contributed by atoms with Crippen LogP contribution in [-0.2, 0) is 23.6 Å². The largest absolute Gasteiger partial charge is 0.348 e. The molecule has 0 saturated carbocycles. The number of carbonyl (C=O) groups is 1. The minimum Gasteiger partial charge on any atom is -0.348 e. The van der Waals surface area contributed by atoms with Gasteiger partial charge in [0.05, 0.1) is 16.8 Å². The highest BCUT2D eigenvalue weighted by Gasteiger charge is 2.16. The Kier molecular flexibility index (Phi) is 5.71. The molecule has 2 N–H and O–H groups in total. The van der Waals surface area contributed by atoms with E-state index in [4.69, 9.17) is 11.6 Å². The SMILES string of the molecule is Cc1ccc(C(=O)NCc2cnn(C)c2)cc1NS(=O)(=O)c1ccc(Cl)cc1. The Morgan fingerprint density at radius 1 is 1.18 bits per heavy atom. The summed E-state index contributed by atoms with van der Waals surface area (Å²) in [6.07, 6.45) is 3.47. The molecule has 2 aromatic carbocycles. The minimum atomic E-state index is -3.80. The fourth-order valence-corrected chi connectivity index (χ4v) is 3.79. The molecule has 3 rings (SSSR count). The summed E-state index contributed by atoms with van der Waals surface area (Å²) in [7, 11) is -2.00. The van der Waals surface area contributed by atoms with E-state index in [2.05, 4.69) is 15.1 Å². The van der Waals surface area contributed by atoms with Crippen LogP contribution in [0, 0.1) is 6.92 Å². The van der Waals surface area contributed by atoms with E-state index in [1.165, 1.54) is 30.3 Å². The Hall–Kier alpha value is -2.84. The highest BCUT2D eigenvalue weighted by atomic mass is 35.5. The number of aryl methyl sites for hydroxylation is 2. The van der Waals surface area contributed by atoms with Crippen LogP contribution in [0.25, 0.3) is 0 Å². The Morgan fingerprint density at radius 2 is 1.89 bits per heavy atom. The van der Waals surface area contributed by atoms with Crippen molar-refractivity contribution in [3.05, 3.63) is 76.6 Å². The summed E-state index contributed by atoms with van der Waals surface area (Å²) in [5.41, 5.74) is 2.25. The van der Waals surface area contributed by atoms with Crippen LogP contribution < -0.4 is 10.0 Å². The van der Waals surface area contributed by atoms with Crippen LogP contribution in [0.15, 0.2) is 59.8 Å². The van der Waals surface area contributed by atoms with Crippen LogP contribution in [-0.4, -0.2) is 24.1 Å². The zero-order valence-electron chi connectivity index (χ0n) is 15.3. The zero-order valence-corrected chi connectivity index (χ0v) is 16.9. The maximum Gasteiger partial charge on any atom is 0.261 e. The standard InChI is InChI=1S/C19H19ClN4O3S/c1-13-3-4-15(19(25)21-10-14-11-22-24(2)12-14)9-18(13)23-28(26,27)17-7-5-16(20)6-8-17/h3-9,11-12,23H,10H2,1-2H3,(H,21,25). The summed E-state index contributed by atoms with van der Waals surface area (Å²) < 4.78 is 29.4. The quantitative estimate of drug-likeness (QED) is 0.643.